The molecule has 1 saturated heterocycles. The molecule has 0 spiro atoms. The minimum Gasteiger partial charge on any atom is -0.391 e. The maximum atomic E-state index is 12.8. The second-order valence-corrected chi connectivity index (χ2v) is 6.93. The molecule has 0 aromatic heterocycles. The molecule has 1 heterocycles. The third-order valence-electron chi connectivity index (χ3n) is 5.29. The zero-order valence-corrected chi connectivity index (χ0v) is 12.8. The van der Waals surface area contributed by atoms with Gasteiger partial charge in [0.15, 0.2) is 0 Å². The lowest BCUT2D eigenvalue weighted by molar-refractivity contribution is -0.141. The highest BCUT2D eigenvalue weighted by atomic mass is 16.3. The Morgan fingerprint density at radius 3 is 2.52 bits per heavy atom. The fourth-order valence-corrected chi connectivity index (χ4v) is 3.86. The Morgan fingerprint density at radius 2 is 1.86 bits per heavy atom. The number of aliphatic hydroxyl groups is 1. The fraction of sp³-hybridized carbons (Fsp3) is 0.875. The summed E-state index contributed by atoms with van der Waals surface area (Å²) in [5.74, 6) is 0.513. The van der Waals surface area contributed by atoms with E-state index in [9.17, 15) is 14.7 Å². The molecule has 1 aliphatic heterocycles. The highest BCUT2D eigenvalue weighted by Crippen LogP contribution is 2.36. The molecule has 3 rings (SSSR count). The summed E-state index contributed by atoms with van der Waals surface area (Å²) in [6.45, 7) is 2.36. The van der Waals surface area contributed by atoms with Crippen molar-refractivity contribution < 1.29 is 14.7 Å². The lowest BCUT2D eigenvalue weighted by Gasteiger charge is -2.34. The van der Waals surface area contributed by atoms with Crippen molar-refractivity contribution in [1.82, 2.24) is 10.2 Å². The predicted molar refractivity (Wildman–Crippen MR) is 78.4 cm³/mol. The van der Waals surface area contributed by atoms with Gasteiger partial charge >= 0.3 is 0 Å². The van der Waals surface area contributed by atoms with Crippen molar-refractivity contribution in [3.63, 3.8) is 0 Å². The van der Waals surface area contributed by atoms with Crippen LogP contribution in [0.3, 0.4) is 0 Å². The zero-order valence-electron chi connectivity index (χ0n) is 12.8. The number of hydrogen-bond donors (Lipinski definition) is 2. The fourth-order valence-electron chi connectivity index (χ4n) is 3.86. The van der Waals surface area contributed by atoms with E-state index in [1.807, 2.05) is 4.90 Å². The quantitative estimate of drug-likeness (QED) is 0.814. The number of rotatable bonds is 4. The molecule has 4 unspecified atom stereocenters. The van der Waals surface area contributed by atoms with Gasteiger partial charge in [0.05, 0.1) is 6.10 Å². The van der Waals surface area contributed by atoms with Crippen LogP contribution in [-0.2, 0) is 9.59 Å². The molecule has 2 amide bonds. The third-order valence-corrected chi connectivity index (χ3v) is 5.29. The first-order valence-corrected chi connectivity index (χ1v) is 8.37. The van der Waals surface area contributed by atoms with Gasteiger partial charge in [-0.1, -0.05) is 12.8 Å². The monoisotopic (exact) mass is 294 g/mol. The summed E-state index contributed by atoms with van der Waals surface area (Å²) in [6.07, 6.45) is 6.76. The van der Waals surface area contributed by atoms with Gasteiger partial charge in [0, 0.05) is 18.5 Å². The first-order valence-electron chi connectivity index (χ1n) is 8.37. The molecule has 0 bridgehead atoms. The minimum absolute atomic E-state index is 0.0556. The van der Waals surface area contributed by atoms with Crippen LogP contribution in [0.2, 0.25) is 0 Å². The molecular weight excluding hydrogens is 268 g/mol. The number of hydrogen-bond acceptors (Lipinski definition) is 3. The normalized spacial score (nSPS) is 31.4. The molecule has 21 heavy (non-hydrogen) atoms. The van der Waals surface area contributed by atoms with E-state index < -0.39 is 12.1 Å². The van der Waals surface area contributed by atoms with Gasteiger partial charge in [-0.15, -0.1) is 0 Å². The molecule has 0 aromatic carbocycles. The summed E-state index contributed by atoms with van der Waals surface area (Å²) in [6, 6.07) is -0.455. The molecule has 118 valence electrons. The number of amides is 2. The number of carbonyl (C=O) groups is 2. The van der Waals surface area contributed by atoms with E-state index in [1.54, 1.807) is 6.92 Å². The van der Waals surface area contributed by atoms with Crippen LogP contribution in [-0.4, -0.2) is 46.6 Å². The summed E-state index contributed by atoms with van der Waals surface area (Å²) in [7, 11) is 0. The van der Waals surface area contributed by atoms with Gasteiger partial charge in [-0.05, 0) is 44.9 Å². The van der Waals surface area contributed by atoms with Gasteiger partial charge in [-0.25, -0.2) is 0 Å². The standard InChI is InChI=1S/C16H26N2O3/c1-10(19)14(17-15(20)12-6-7-12)16(21)18-9-8-11-4-2-3-5-13(11)18/h10-14,19H,2-9H2,1H3,(H,17,20). The van der Waals surface area contributed by atoms with E-state index in [0.717, 1.165) is 32.2 Å². The Morgan fingerprint density at radius 1 is 1.14 bits per heavy atom. The summed E-state index contributed by atoms with van der Waals surface area (Å²) in [5, 5.41) is 12.7. The van der Waals surface area contributed by atoms with E-state index in [0.29, 0.717) is 12.0 Å². The second kappa shape index (κ2) is 5.95. The zero-order chi connectivity index (χ0) is 15.0. The molecule has 2 saturated carbocycles. The van der Waals surface area contributed by atoms with E-state index in [2.05, 4.69) is 5.32 Å². The first kappa shape index (κ1) is 14.8. The largest absolute Gasteiger partial charge is 0.391 e. The number of aliphatic hydroxyl groups excluding tert-OH is 1. The molecule has 4 atom stereocenters. The van der Waals surface area contributed by atoms with Gasteiger partial charge in [0.25, 0.3) is 0 Å². The molecule has 5 nitrogen and oxygen atoms in total. The van der Waals surface area contributed by atoms with Crippen molar-refractivity contribution in [2.24, 2.45) is 11.8 Å². The summed E-state index contributed by atoms with van der Waals surface area (Å²) >= 11 is 0. The minimum atomic E-state index is -0.845. The lowest BCUT2D eigenvalue weighted by Crippen LogP contribution is -2.55. The molecule has 3 fully saturated rings. The average Bonchev–Trinajstić information content (AvgIpc) is 3.23. The van der Waals surface area contributed by atoms with Crippen LogP contribution in [0.1, 0.15) is 51.9 Å². The number of fused-ring (bicyclic) bond motifs is 1. The van der Waals surface area contributed by atoms with Crippen molar-refractivity contribution in [2.75, 3.05) is 6.54 Å². The van der Waals surface area contributed by atoms with Crippen LogP contribution in [0.15, 0.2) is 0 Å². The van der Waals surface area contributed by atoms with E-state index in [4.69, 9.17) is 0 Å². The summed E-state index contributed by atoms with van der Waals surface area (Å²) < 4.78 is 0. The summed E-state index contributed by atoms with van der Waals surface area (Å²) in [5.41, 5.74) is 0. The van der Waals surface area contributed by atoms with Crippen LogP contribution >= 0.6 is 0 Å². The first-order chi connectivity index (χ1) is 10.1. The molecule has 2 N–H and O–H groups in total. The molecule has 0 radical (unpaired) electrons. The number of nitrogens with zero attached hydrogens (tertiary/aromatic N) is 1. The number of likely N-dealkylation sites (tertiary alicyclic amines) is 1. The van der Waals surface area contributed by atoms with Gasteiger partial charge in [-0.3, -0.25) is 9.59 Å². The van der Waals surface area contributed by atoms with Gasteiger partial charge in [0.2, 0.25) is 11.8 Å². The smallest absolute Gasteiger partial charge is 0.248 e. The van der Waals surface area contributed by atoms with Crippen molar-refractivity contribution in [2.45, 2.75) is 70.1 Å². The topological polar surface area (TPSA) is 69.6 Å². The van der Waals surface area contributed by atoms with Gasteiger partial charge in [0.1, 0.15) is 6.04 Å². The molecule has 3 aliphatic rings. The number of nitrogens with one attached hydrogen (secondary N) is 1. The average molecular weight is 294 g/mol. The van der Waals surface area contributed by atoms with Crippen LogP contribution in [0.5, 0.6) is 0 Å². The number of carbonyl (C=O) groups excluding carboxylic acids is 2. The SMILES string of the molecule is CC(O)C(NC(=O)C1CC1)C(=O)N1CCC2CCCCC21. The molecular formula is C16H26N2O3. The van der Waals surface area contributed by atoms with Crippen LogP contribution in [0.25, 0.3) is 0 Å². The Balaban J connectivity index is 1.66. The maximum absolute atomic E-state index is 12.8. The Labute approximate surface area is 126 Å². The van der Waals surface area contributed by atoms with E-state index in [-0.39, 0.29) is 17.7 Å². The third kappa shape index (κ3) is 3.07. The van der Waals surface area contributed by atoms with Crippen LogP contribution in [0, 0.1) is 11.8 Å². The lowest BCUT2D eigenvalue weighted by atomic mass is 9.85. The Kier molecular flexibility index (Phi) is 4.20. The van der Waals surface area contributed by atoms with Crippen LogP contribution < -0.4 is 5.32 Å². The van der Waals surface area contributed by atoms with Crippen LogP contribution in [0.4, 0.5) is 0 Å². The second-order valence-electron chi connectivity index (χ2n) is 6.93. The highest BCUT2D eigenvalue weighted by Gasteiger charge is 2.42. The molecule has 2 aliphatic carbocycles. The van der Waals surface area contributed by atoms with Gasteiger partial charge < -0.3 is 15.3 Å². The Bertz CT molecular complexity index is 420. The maximum Gasteiger partial charge on any atom is 0.248 e. The van der Waals surface area contributed by atoms with Crippen molar-refractivity contribution in [1.29, 1.82) is 0 Å². The predicted octanol–water partition coefficient (Wildman–Crippen LogP) is 1.05. The van der Waals surface area contributed by atoms with E-state index >= 15 is 0 Å². The molecule has 0 aromatic rings. The highest BCUT2D eigenvalue weighted by molar-refractivity contribution is 5.90. The van der Waals surface area contributed by atoms with E-state index in [1.165, 1.54) is 19.3 Å². The van der Waals surface area contributed by atoms with Crippen molar-refractivity contribution >= 4 is 11.8 Å². The van der Waals surface area contributed by atoms with Gasteiger partial charge in [-0.2, -0.15) is 0 Å². The van der Waals surface area contributed by atoms with Crippen molar-refractivity contribution in [3.05, 3.63) is 0 Å². The molecule has 5 heteroatoms. The summed E-state index contributed by atoms with van der Waals surface area (Å²) in [4.78, 5) is 26.6. The Hall–Kier alpha value is -1.10. The van der Waals surface area contributed by atoms with Crippen molar-refractivity contribution in [3.8, 4) is 0 Å².